The van der Waals surface area contributed by atoms with E-state index in [0.29, 0.717) is 24.9 Å². The molecular weight excluding hydrogens is 316 g/mol. The van der Waals surface area contributed by atoms with Crippen molar-refractivity contribution in [2.75, 3.05) is 33.4 Å². The minimum Gasteiger partial charge on any atom is -0.381 e. The van der Waals surface area contributed by atoms with Crippen LogP contribution < -0.4 is 0 Å². The molecule has 1 atom stereocenters. The van der Waals surface area contributed by atoms with Crippen LogP contribution in [0.3, 0.4) is 0 Å². The highest BCUT2D eigenvalue weighted by Gasteiger charge is 2.35. The molecule has 2 aliphatic heterocycles. The Balaban J connectivity index is 1.55. The normalized spacial score (nSPS) is 27.2. The average Bonchev–Trinajstić information content (AvgIpc) is 2.91. The molecule has 3 rings (SSSR count). The van der Waals surface area contributed by atoms with Crippen molar-refractivity contribution in [2.45, 2.75) is 70.3 Å². The Morgan fingerprint density at radius 3 is 2.44 bits per heavy atom. The van der Waals surface area contributed by atoms with Gasteiger partial charge >= 0.3 is 0 Å². The number of nitrogens with zero attached hydrogens (tertiary/aromatic N) is 2. The maximum atomic E-state index is 12.9. The maximum Gasteiger partial charge on any atom is 0.227 e. The molecule has 2 heterocycles. The van der Waals surface area contributed by atoms with Crippen molar-refractivity contribution in [3.05, 3.63) is 0 Å². The number of carbonyl (C=O) groups is 2. The van der Waals surface area contributed by atoms with Gasteiger partial charge in [-0.3, -0.25) is 9.59 Å². The maximum absolute atomic E-state index is 12.9. The highest BCUT2D eigenvalue weighted by atomic mass is 16.5. The van der Waals surface area contributed by atoms with E-state index in [1.807, 2.05) is 11.9 Å². The molecule has 1 aliphatic carbocycles. The van der Waals surface area contributed by atoms with Gasteiger partial charge in [-0.2, -0.15) is 0 Å². The highest BCUT2D eigenvalue weighted by Crippen LogP contribution is 2.28. The van der Waals surface area contributed by atoms with Crippen LogP contribution in [0.5, 0.6) is 0 Å². The summed E-state index contributed by atoms with van der Waals surface area (Å²) in [6, 6.07) is 0.367. The Bertz CT molecular complexity index is 454. The van der Waals surface area contributed by atoms with Crippen molar-refractivity contribution < 1.29 is 14.3 Å². The van der Waals surface area contributed by atoms with E-state index in [9.17, 15) is 9.59 Å². The van der Waals surface area contributed by atoms with Gasteiger partial charge in [0.1, 0.15) is 0 Å². The van der Waals surface area contributed by atoms with Gasteiger partial charge in [0.25, 0.3) is 0 Å². The number of carbonyl (C=O) groups excluding carboxylic acids is 2. The topological polar surface area (TPSA) is 49.9 Å². The van der Waals surface area contributed by atoms with Gasteiger partial charge in [-0.05, 0) is 38.0 Å². The second-order valence-electron chi connectivity index (χ2n) is 8.20. The fourth-order valence-electron chi connectivity index (χ4n) is 4.71. The van der Waals surface area contributed by atoms with Crippen molar-refractivity contribution in [3.8, 4) is 0 Å². The van der Waals surface area contributed by atoms with Crippen LogP contribution in [0.15, 0.2) is 0 Å². The van der Waals surface area contributed by atoms with Crippen molar-refractivity contribution >= 4 is 11.8 Å². The minimum atomic E-state index is -0.00852. The number of ether oxygens (including phenoxy) is 1. The lowest BCUT2D eigenvalue weighted by molar-refractivity contribution is -0.145. The van der Waals surface area contributed by atoms with Crippen LogP contribution >= 0.6 is 0 Å². The first kappa shape index (κ1) is 18.7. The molecule has 1 saturated carbocycles. The molecule has 5 nitrogen and oxygen atoms in total. The van der Waals surface area contributed by atoms with Crippen LogP contribution in [-0.2, 0) is 14.3 Å². The fourth-order valence-corrected chi connectivity index (χ4v) is 4.71. The van der Waals surface area contributed by atoms with E-state index in [4.69, 9.17) is 4.74 Å². The van der Waals surface area contributed by atoms with E-state index in [2.05, 4.69) is 4.90 Å². The third-order valence-electron chi connectivity index (χ3n) is 6.31. The molecule has 2 saturated heterocycles. The molecule has 3 fully saturated rings. The predicted molar refractivity (Wildman–Crippen MR) is 97.1 cm³/mol. The van der Waals surface area contributed by atoms with E-state index in [1.165, 1.54) is 25.7 Å². The summed E-state index contributed by atoms with van der Waals surface area (Å²) in [5, 5.41) is 0. The Hall–Kier alpha value is -1.10. The van der Waals surface area contributed by atoms with Crippen LogP contribution in [0.2, 0.25) is 0 Å². The molecule has 1 unspecified atom stereocenters. The van der Waals surface area contributed by atoms with Gasteiger partial charge < -0.3 is 14.5 Å². The number of likely N-dealkylation sites (tertiary alicyclic amines) is 1. The van der Waals surface area contributed by atoms with Crippen molar-refractivity contribution in [2.24, 2.45) is 11.8 Å². The molecule has 25 heavy (non-hydrogen) atoms. The molecule has 0 bridgehead atoms. The molecule has 0 spiro atoms. The van der Waals surface area contributed by atoms with Gasteiger partial charge in [0.2, 0.25) is 11.8 Å². The average molecular weight is 351 g/mol. The van der Waals surface area contributed by atoms with E-state index < -0.39 is 0 Å². The van der Waals surface area contributed by atoms with E-state index in [1.54, 1.807) is 0 Å². The molecule has 142 valence electrons. The van der Waals surface area contributed by atoms with Crippen LogP contribution in [0.4, 0.5) is 0 Å². The molecule has 3 aliphatic rings. The molecular formula is C20H34N2O3. The molecule has 0 N–H and O–H groups in total. The smallest absolute Gasteiger partial charge is 0.227 e. The molecule has 0 aromatic carbocycles. The summed E-state index contributed by atoms with van der Waals surface area (Å²) in [7, 11) is 1.93. The Kier molecular flexibility index (Phi) is 6.74. The van der Waals surface area contributed by atoms with Crippen molar-refractivity contribution in [1.29, 1.82) is 0 Å². The first-order valence-electron chi connectivity index (χ1n) is 10.3. The van der Waals surface area contributed by atoms with Gasteiger partial charge in [0.05, 0.1) is 5.92 Å². The molecule has 0 radical (unpaired) electrons. The Labute approximate surface area is 152 Å². The zero-order valence-electron chi connectivity index (χ0n) is 15.8. The van der Waals surface area contributed by atoms with Crippen LogP contribution in [0.1, 0.15) is 64.2 Å². The summed E-state index contributed by atoms with van der Waals surface area (Å²) in [6.45, 7) is 3.11. The summed E-state index contributed by atoms with van der Waals surface area (Å²) in [4.78, 5) is 29.4. The minimum absolute atomic E-state index is 0.00852. The van der Waals surface area contributed by atoms with Crippen molar-refractivity contribution in [1.82, 2.24) is 9.80 Å². The number of hydrogen-bond acceptors (Lipinski definition) is 3. The number of rotatable bonds is 4. The largest absolute Gasteiger partial charge is 0.381 e. The first-order valence-corrected chi connectivity index (χ1v) is 10.3. The molecule has 2 amide bonds. The first-order chi connectivity index (χ1) is 12.1. The summed E-state index contributed by atoms with van der Waals surface area (Å²) in [5.74, 6) is 1.05. The second-order valence-corrected chi connectivity index (χ2v) is 8.20. The Morgan fingerprint density at radius 1 is 1.08 bits per heavy atom. The quantitative estimate of drug-likeness (QED) is 0.733. The molecule has 0 aromatic heterocycles. The summed E-state index contributed by atoms with van der Waals surface area (Å²) < 4.78 is 5.41. The van der Waals surface area contributed by atoms with Crippen molar-refractivity contribution in [3.63, 3.8) is 0 Å². The lowest BCUT2D eigenvalue weighted by atomic mass is 9.92. The standard InChI is InChI=1S/C20H34N2O3/c1-21(14-16-10-12-25-13-11-16)20(24)17-8-9-19(23)22(15-17)18-6-4-2-3-5-7-18/h16-18H,2-15H2,1H3. The lowest BCUT2D eigenvalue weighted by Crippen LogP contribution is -2.50. The van der Waals surface area contributed by atoms with Crippen LogP contribution in [0.25, 0.3) is 0 Å². The van der Waals surface area contributed by atoms with Crippen LogP contribution in [-0.4, -0.2) is 61.0 Å². The number of hydrogen-bond donors (Lipinski definition) is 0. The van der Waals surface area contributed by atoms with Gasteiger partial charge in [-0.1, -0.05) is 25.7 Å². The number of piperidine rings is 1. The zero-order valence-corrected chi connectivity index (χ0v) is 15.8. The lowest BCUT2D eigenvalue weighted by Gasteiger charge is -2.39. The van der Waals surface area contributed by atoms with Gasteiger partial charge in [0, 0.05) is 45.8 Å². The summed E-state index contributed by atoms with van der Waals surface area (Å²) >= 11 is 0. The third-order valence-corrected chi connectivity index (χ3v) is 6.31. The summed E-state index contributed by atoms with van der Waals surface area (Å²) in [6.07, 6.45) is 10.6. The van der Waals surface area contributed by atoms with Gasteiger partial charge in [-0.25, -0.2) is 0 Å². The Morgan fingerprint density at radius 2 is 1.76 bits per heavy atom. The molecule has 5 heteroatoms. The summed E-state index contributed by atoms with van der Waals surface area (Å²) in [5.41, 5.74) is 0. The van der Waals surface area contributed by atoms with E-state index in [0.717, 1.165) is 51.9 Å². The highest BCUT2D eigenvalue weighted by molar-refractivity contribution is 5.84. The molecule has 0 aromatic rings. The third kappa shape index (κ3) is 4.96. The fraction of sp³-hybridized carbons (Fsp3) is 0.900. The zero-order chi connectivity index (χ0) is 17.6. The van der Waals surface area contributed by atoms with E-state index in [-0.39, 0.29) is 17.7 Å². The van der Waals surface area contributed by atoms with E-state index >= 15 is 0 Å². The van der Waals surface area contributed by atoms with Crippen LogP contribution in [0, 0.1) is 11.8 Å². The predicted octanol–water partition coefficient (Wildman–Crippen LogP) is 2.83. The SMILES string of the molecule is CN(CC1CCOCC1)C(=O)C1CCC(=O)N(C2CCCCCC2)C1. The monoisotopic (exact) mass is 350 g/mol. The van der Waals surface area contributed by atoms with Gasteiger partial charge in [-0.15, -0.1) is 0 Å². The number of amides is 2. The van der Waals surface area contributed by atoms with Gasteiger partial charge in [0.15, 0.2) is 0 Å². The second kappa shape index (κ2) is 9.02.